The molecule has 6 atom stereocenters. The van der Waals surface area contributed by atoms with E-state index in [0.717, 1.165) is 74.5 Å². The highest BCUT2D eigenvalue weighted by Gasteiger charge is 2.45. The first-order valence-electron chi connectivity index (χ1n) is 14.8. The number of nitrogens with zero attached hydrogens (tertiary/aromatic N) is 1. The maximum atomic E-state index is 11.9. The van der Waals surface area contributed by atoms with Gasteiger partial charge >= 0.3 is 5.97 Å². The highest BCUT2D eigenvalue weighted by Crippen LogP contribution is 2.47. The van der Waals surface area contributed by atoms with Crippen LogP contribution in [0.5, 0.6) is 5.75 Å². The van der Waals surface area contributed by atoms with E-state index in [9.17, 15) is 15.0 Å². The van der Waals surface area contributed by atoms with Crippen LogP contribution in [0, 0.1) is 11.8 Å². The molecule has 216 valence electrons. The number of rotatable bonds is 7. The lowest BCUT2D eigenvalue weighted by atomic mass is 9.67. The molecule has 4 aliphatic rings. The average molecular weight is 570 g/mol. The standard InChI is InChI=1S/C32H40ClNO6/c1-20(35)17-39-25-10-12-38-30(15-25)26-7-4-23(26)16-34-18-32(11-2-3-21-13-24(33)6-8-27(21)32)19-40-29-9-5-22(31(36)37)14-28(29)34/h5-6,8-9,13-14,20,23,25-26,30,35H,2-4,7,10-12,15-19H2,1H3,(H,36,37)/t20-,23-,25-,26+,30+,32?/m0/s1. The van der Waals surface area contributed by atoms with Crippen molar-refractivity contribution < 1.29 is 29.2 Å². The van der Waals surface area contributed by atoms with Crippen molar-refractivity contribution in [1.29, 1.82) is 0 Å². The Balaban J connectivity index is 1.27. The molecular formula is C32H40ClNO6. The number of anilines is 1. The van der Waals surface area contributed by atoms with Gasteiger partial charge in [0.2, 0.25) is 0 Å². The van der Waals surface area contributed by atoms with Crippen LogP contribution in [0.2, 0.25) is 5.02 Å². The van der Waals surface area contributed by atoms with E-state index in [0.29, 0.717) is 31.7 Å². The smallest absolute Gasteiger partial charge is 0.335 e. The van der Waals surface area contributed by atoms with Crippen LogP contribution in [-0.4, -0.2) is 67.4 Å². The number of carbonyl (C=O) groups is 1. The lowest BCUT2D eigenvalue weighted by molar-refractivity contribution is -0.124. The van der Waals surface area contributed by atoms with Crippen molar-refractivity contribution in [3.63, 3.8) is 0 Å². The van der Waals surface area contributed by atoms with E-state index in [4.69, 9.17) is 25.8 Å². The number of aromatic carboxylic acids is 1. The number of hydrogen-bond acceptors (Lipinski definition) is 6. The number of aliphatic hydroxyl groups is 1. The Bertz CT molecular complexity index is 1240. The summed E-state index contributed by atoms with van der Waals surface area (Å²) in [4.78, 5) is 14.3. The van der Waals surface area contributed by atoms with Crippen LogP contribution in [0.15, 0.2) is 36.4 Å². The lowest BCUT2D eigenvalue weighted by Gasteiger charge is -2.47. The zero-order chi connectivity index (χ0) is 27.9. The number of benzene rings is 2. The van der Waals surface area contributed by atoms with Gasteiger partial charge in [-0.05, 0) is 98.7 Å². The molecule has 2 aromatic carbocycles. The molecule has 0 radical (unpaired) electrons. The summed E-state index contributed by atoms with van der Waals surface area (Å²) in [7, 11) is 0. The average Bonchev–Trinajstić information content (AvgIpc) is 3.07. The van der Waals surface area contributed by atoms with Gasteiger partial charge in [0.25, 0.3) is 0 Å². The maximum Gasteiger partial charge on any atom is 0.335 e. The third-order valence-corrected chi connectivity index (χ3v) is 9.77. The number of carboxylic acids is 1. The van der Waals surface area contributed by atoms with Crippen molar-refractivity contribution in [2.24, 2.45) is 11.8 Å². The van der Waals surface area contributed by atoms with Crippen LogP contribution in [0.4, 0.5) is 5.69 Å². The molecule has 2 aliphatic carbocycles. The van der Waals surface area contributed by atoms with E-state index in [-0.39, 0.29) is 23.2 Å². The molecule has 2 aromatic rings. The topological polar surface area (TPSA) is 88.5 Å². The summed E-state index contributed by atoms with van der Waals surface area (Å²) in [6.45, 7) is 4.95. The van der Waals surface area contributed by atoms with Crippen LogP contribution in [0.25, 0.3) is 0 Å². The minimum Gasteiger partial charge on any atom is -0.490 e. The van der Waals surface area contributed by atoms with Gasteiger partial charge in [0, 0.05) is 36.6 Å². The van der Waals surface area contributed by atoms with Gasteiger partial charge in [-0.3, -0.25) is 0 Å². The fourth-order valence-electron chi connectivity index (χ4n) is 7.36. The summed E-state index contributed by atoms with van der Waals surface area (Å²) in [5, 5.41) is 20.2. The van der Waals surface area contributed by atoms with Gasteiger partial charge in [-0.15, -0.1) is 0 Å². The second-order valence-corrected chi connectivity index (χ2v) is 12.8. The van der Waals surface area contributed by atoms with E-state index in [2.05, 4.69) is 17.0 Å². The molecule has 2 fully saturated rings. The van der Waals surface area contributed by atoms with Crippen molar-refractivity contribution in [2.75, 3.05) is 37.8 Å². The minimum absolute atomic E-state index is 0.119. The monoisotopic (exact) mass is 569 g/mol. The van der Waals surface area contributed by atoms with Crippen LogP contribution >= 0.6 is 11.6 Å². The molecule has 2 heterocycles. The number of ether oxygens (including phenoxy) is 3. The Kier molecular flexibility index (Phi) is 8.01. The number of aliphatic hydroxyl groups excluding tert-OH is 1. The third-order valence-electron chi connectivity index (χ3n) is 9.53. The molecule has 0 amide bonds. The summed E-state index contributed by atoms with van der Waals surface area (Å²) in [6, 6.07) is 11.5. The van der Waals surface area contributed by atoms with Crippen LogP contribution in [0.1, 0.15) is 66.9 Å². The Morgan fingerprint density at radius 2 is 2.10 bits per heavy atom. The van der Waals surface area contributed by atoms with Crippen molar-refractivity contribution in [2.45, 2.75) is 75.6 Å². The first-order chi connectivity index (χ1) is 19.3. The molecule has 40 heavy (non-hydrogen) atoms. The van der Waals surface area contributed by atoms with E-state index in [1.807, 2.05) is 12.1 Å². The maximum absolute atomic E-state index is 11.9. The van der Waals surface area contributed by atoms with E-state index >= 15 is 0 Å². The molecule has 1 spiro atoms. The summed E-state index contributed by atoms with van der Waals surface area (Å²) in [5.74, 6) is 0.686. The quantitative estimate of drug-likeness (QED) is 0.456. The number of aryl methyl sites for hydroxylation is 1. The number of carboxylic acid groups (broad SMARTS) is 1. The zero-order valence-corrected chi connectivity index (χ0v) is 23.9. The summed E-state index contributed by atoms with van der Waals surface area (Å²) >= 11 is 6.38. The molecule has 0 aromatic heterocycles. The molecule has 7 nitrogen and oxygen atoms in total. The Hall–Kier alpha value is -2.32. The Labute approximate surface area is 241 Å². The van der Waals surface area contributed by atoms with Crippen LogP contribution in [-0.2, 0) is 21.3 Å². The van der Waals surface area contributed by atoms with Crippen molar-refractivity contribution in [1.82, 2.24) is 0 Å². The summed E-state index contributed by atoms with van der Waals surface area (Å²) in [6.07, 6.45) is 6.85. The number of fused-ring (bicyclic) bond motifs is 3. The van der Waals surface area contributed by atoms with E-state index in [1.165, 1.54) is 11.1 Å². The lowest BCUT2D eigenvalue weighted by Crippen LogP contribution is -2.51. The van der Waals surface area contributed by atoms with Gasteiger partial charge < -0.3 is 29.3 Å². The largest absolute Gasteiger partial charge is 0.490 e. The van der Waals surface area contributed by atoms with Gasteiger partial charge in [-0.25, -0.2) is 4.79 Å². The number of halogens is 1. The second kappa shape index (κ2) is 11.5. The molecule has 1 saturated carbocycles. The Morgan fingerprint density at radius 1 is 1.23 bits per heavy atom. The first-order valence-corrected chi connectivity index (χ1v) is 15.1. The Morgan fingerprint density at radius 3 is 2.88 bits per heavy atom. The van der Waals surface area contributed by atoms with Gasteiger partial charge in [0.05, 0.1) is 42.8 Å². The highest BCUT2D eigenvalue weighted by atomic mass is 35.5. The number of hydrogen-bond donors (Lipinski definition) is 2. The van der Waals surface area contributed by atoms with Crippen molar-refractivity contribution in [3.8, 4) is 5.75 Å². The second-order valence-electron chi connectivity index (χ2n) is 12.3. The predicted octanol–water partition coefficient (Wildman–Crippen LogP) is 5.48. The molecular weight excluding hydrogens is 530 g/mol. The highest BCUT2D eigenvalue weighted by molar-refractivity contribution is 6.30. The first kappa shape index (κ1) is 27.8. The van der Waals surface area contributed by atoms with Crippen molar-refractivity contribution in [3.05, 3.63) is 58.1 Å². The zero-order valence-electron chi connectivity index (χ0n) is 23.2. The molecule has 1 saturated heterocycles. The fraction of sp³-hybridized carbons (Fsp3) is 0.594. The van der Waals surface area contributed by atoms with Crippen molar-refractivity contribution >= 4 is 23.3 Å². The SMILES string of the molecule is C[C@H](O)CO[C@H]1CCO[C@@H]([C@@H]2CC[C@H]2CN2CC3(CCCc4cc(Cl)ccc43)COc3ccc(C(=O)O)cc32)C1. The van der Waals surface area contributed by atoms with Crippen LogP contribution in [0.3, 0.4) is 0 Å². The summed E-state index contributed by atoms with van der Waals surface area (Å²) in [5.41, 5.74) is 3.54. The molecule has 8 heteroatoms. The van der Waals surface area contributed by atoms with Gasteiger partial charge in [0.15, 0.2) is 0 Å². The third kappa shape index (κ3) is 5.58. The molecule has 2 aliphatic heterocycles. The van der Waals surface area contributed by atoms with E-state index < -0.39 is 12.1 Å². The van der Waals surface area contributed by atoms with Crippen LogP contribution < -0.4 is 9.64 Å². The molecule has 0 bridgehead atoms. The molecule has 2 N–H and O–H groups in total. The molecule has 1 unspecified atom stereocenters. The minimum atomic E-state index is -0.931. The van der Waals surface area contributed by atoms with Gasteiger partial charge in [-0.2, -0.15) is 0 Å². The van der Waals surface area contributed by atoms with Gasteiger partial charge in [0.1, 0.15) is 5.75 Å². The summed E-state index contributed by atoms with van der Waals surface area (Å²) < 4.78 is 18.7. The van der Waals surface area contributed by atoms with E-state index in [1.54, 1.807) is 19.1 Å². The van der Waals surface area contributed by atoms with Gasteiger partial charge in [-0.1, -0.05) is 17.7 Å². The molecule has 6 rings (SSSR count). The fourth-order valence-corrected chi connectivity index (χ4v) is 7.56. The predicted molar refractivity (Wildman–Crippen MR) is 154 cm³/mol. The normalized spacial score (nSPS) is 30.4.